The number of anilines is 1. The summed E-state index contributed by atoms with van der Waals surface area (Å²) in [6, 6.07) is 3.87. The Morgan fingerprint density at radius 2 is 2.11 bits per heavy atom. The van der Waals surface area contributed by atoms with Gasteiger partial charge < -0.3 is 15.7 Å². The zero-order chi connectivity index (χ0) is 13.7. The fourth-order valence-electron chi connectivity index (χ4n) is 1.40. The topological polar surface area (TPSA) is 61.4 Å². The summed E-state index contributed by atoms with van der Waals surface area (Å²) in [6.07, 6.45) is 0. The third-order valence-corrected chi connectivity index (χ3v) is 2.92. The number of halogens is 1. The maximum Gasteiger partial charge on any atom is 0.319 e. The minimum Gasteiger partial charge on any atom is -0.396 e. The summed E-state index contributed by atoms with van der Waals surface area (Å²) in [4.78, 5) is 11.6. The van der Waals surface area contributed by atoms with Gasteiger partial charge in [-0.05, 0) is 43.5 Å². The lowest BCUT2D eigenvalue weighted by Crippen LogP contribution is -2.40. The van der Waals surface area contributed by atoms with Crippen LogP contribution in [0.2, 0.25) is 0 Å². The van der Waals surface area contributed by atoms with E-state index in [2.05, 4.69) is 10.6 Å². The standard InChI is InChI=1S/C13H19FN2O2/c1-8-6-11(4-5-12(8)14)16-13(18)15-10(3)9(2)7-17/h4-6,9-10,17H,7H2,1-3H3,(H2,15,16,18). The molecular weight excluding hydrogens is 235 g/mol. The molecule has 4 nitrogen and oxygen atoms in total. The lowest BCUT2D eigenvalue weighted by Gasteiger charge is -2.19. The van der Waals surface area contributed by atoms with Crippen LogP contribution in [0.25, 0.3) is 0 Å². The van der Waals surface area contributed by atoms with Gasteiger partial charge in [-0.15, -0.1) is 0 Å². The van der Waals surface area contributed by atoms with Gasteiger partial charge in [-0.25, -0.2) is 9.18 Å². The Bertz CT molecular complexity index is 423. The number of hydrogen-bond acceptors (Lipinski definition) is 2. The molecule has 1 aromatic carbocycles. The quantitative estimate of drug-likeness (QED) is 0.772. The minimum absolute atomic E-state index is 0.0110. The first-order chi connectivity index (χ1) is 8.43. The van der Waals surface area contributed by atoms with Crippen LogP contribution < -0.4 is 10.6 Å². The molecule has 2 unspecified atom stereocenters. The van der Waals surface area contributed by atoms with Crippen LogP contribution in [0.15, 0.2) is 18.2 Å². The van der Waals surface area contributed by atoms with Gasteiger partial charge in [-0.2, -0.15) is 0 Å². The molecule has 0 spiro atoms. The number of aliphatic hydroxyl groups excluding tert-OH is 1. The number of amides is 2. The fraction of sp³-hybridized carbons (Fsp3) is 0.462. The van der Waals surface area contributed by atoms with E-state index in [1.165, 1.54) is 12.1 Å². The molecule has 0 radical (unpaired) electrons. The number of aliphatic hydroxyl groups is 1. The summed E-state index contributed by atoms with van der Waals surface area (Å²) < 4.78 is 13.0. The van der Waals surface area contributed by atoms with E-state index in [-0.39, 0.29) is 30.4 Å². The summed E-state index contributed by atoms with van der Waals surface area (Å²) in [5.74, 6) is -0.325. The van der Waals surface area contributed by atoms with Crippen molar-refractivity contribution in [1.82, 2.24) is 5.32 Å². The van der Waals surface area contributed by atoms with E-state index in [0.29, 0.717) is 11.3 Å². The molecule has 0 aliphatic heterocycles. The summed E-state index contributed by atoms with van der Waals surface area (Å²) in [7, 11) is 0. The second-order valence-corrected chi connectivity index (χ2v) is 4.51. The Kier molecular flexibility index (Phi) is 5.09. The normalized spacial score (nSPS) is 13.8. The highest BCUT2D eigenvalue weighted by Gasteiger charge is 2.13. The first-order valence-corrected chi connectivity index (χ1v) is 5.88. The zero-order valence-electron chi connectivity index (χ0n) is 10.8. The molecule has 5 heteroatoms. The Morgan fingerprint density at radius 1 is 1.44 bits per heavy atom. The van der Waals surface area contributed by atoms with Gasteiger partial charge in [0.1, 0.15) is 5.82 Å². The number of benzene rings is 1. The number of urea groups is 1. The Hall–Kier alpha value is -1.62. The van der Waals surface area contributed by atoms with E-state index in [4.69, 9.17) is 5.11 Å². The van der Waals surface area contributed by atoms with E-state index in [1.54, 1.807) is 13.0 Å². The predicted molar refractivity (Wildman–Crippen MR) is 69.0 cm³/mol. The smallest absolute Gasteiger partial charge is 0.319 e. The summed E-state index contributed by atoms with van der Waals surface area (Å²) in [5, 5.41) is 14.3. The molecule has 0 heterocycles. The Morgan fingerprint density at radius 3 is 2.67 bits per heavy atom. The highest BCUT2D eigenvalue weighted by molar-refractivity contribution is 5.89. The minimum atomic E-state index is -0.367. The van der Waals surface area contributed by atoms with E-state index in [0.717, 1.165) is 0 Å². The molecule has 2 atom stereocenters. The molecule has 100 valence electrons. The third kappa shape index (κ3) is 4.00. The highest BCUT2D eigenvalue weighted by atomic mass is 19.1. The second kappa shape index (κ2) is 6.35. The summed E-state index contributed by atoms with van der Waals surface area (Å²) in [5.41, 5.74) is 1.01. The SMILES string of the molecule is Cc1cc(NC(=O)NC(C)C(C)CO)ccc1F. The van der Waals surface area contributed by atoms with Crippen molar-refractivity contribution in [1.29, 1.82) is 0 Å². The van der Waals surface area contributed by atoms with Crippen molar-refractivity contribution in [3.63, 3.8) is 0 Å². The van der Waals surface area contributed by atoms with Crippen molar-refractivity contribution in [3.8, 4) is 0 Å². The maximum absolute atomic E-state index is 13.0. The van der Waals surface area contributed by atoms with Gasteiger partial charge in [0.05, 0.1) is 0 Å². The molecule has 0 fully saturated rings. The molecule has 1 aromatic rings. The number of hydrogen-bond donors (Lipinski definition) is 3. The molecule has 0 aliphatic carbocycles. The van der Waals surface area contributed by atoms with Crippen molar-refractivity contribution in [3.05, 3.63) is 29.6 Å². The van der Waals surface area contributed by atoms with Crippen LogP contribution in [0.1, 0.15) is 19.4 Å². The van der Waals surface area contributed by atoms with Gasteiger partial charge in [0.2, 0.25) is 0 Å². The lowest BCUT2D eigenvalue weighted by atomic mass is 10.1. The van der Waals surface area contributed by atoms with Gasteiger partial charge >= 0.3 is 6.03 Å². The van der Waals surface area contributed by atoms with Crippen LogP contribution in [-0.2, 0) is 0 Å². The van der Waals surface area contributed by atoms with Crippen LogP contribution >= 0.6 is 0 Å². The number of aryl methyl sites for hydroxylation is 1. The number of carbonyl (C=O) groups excluding carboxylic acids is 1. The second-order valence-electron chi connectivity index (χ2n) is 4.51. The summed E-state index contributed by atoms with van der Waals surface area (Å²) in [6.45, 7) is 5.30. The molecule has 1 rings (SSSR count). The number of carbonyl (C=O) groups is 1. The monoisotopic (exact) mass is 254 g/mol. The molecule has 2 amide bonds. The van der Waals surface area contributed by atoms with Crippen molar-refractivity contribution in [2.24, 2.45) is 5.92 Å². The number of nitrogens with one attached hydrogen (secondary N) is 2. The van der Waals surface area contributed by atoms with Crippen LogP contribution in [0.4, 0.5) is 14.9 Å². The molecule has 18 heavy (non-hydrogen) atoms. The van der Waals surface area contributed by atoms with Gasteiger partial charge in [0.15, 0.2) is 0 Å². The number of rotatable bonds is 4. The Labute approximate surface area is 106 Å². The lowest BCUT2D eigenvalue weighted by molar-refractivity contribution is 0.204. The van der Waals surface area contributed by atoms with Gasteiger partial charge in [0, 0.05) is 18.3 Å². The maximum atomic E-state index is 13.0. The molecule has 0 saturated heterocycles. The van der Waals surface area contributed by atoms with Crippen LogP contribution in [0.3, 0.4) is 0 Å². The zero-order valence-corrected chi connectivity index (χ0v) is 10.8. The first kappa shape index (κ1) is 14.4. The van der Waals surface area contributed by atoms with E-state index < -0.39 is 0 Å². The molecule has 0 aromatic heterocycles. The molecule has 0 saturated carbocycles. The summed E-state index contributed by atoms with van der Waals surface area (Å²) >= 11 is 0. The van der Waals surface area contributed by atoms with Crippen LogP contribution in [-0.4, -0.2) is 23.8 Å². The Balaban J connectivity index is 2.57. The van der Waals surface area contributed by atoms with Crippen molar-refractivity contribution in [2.75, 3.05) is 11.9 Å². The van der Waals surface area contributed by atoms with Crippen molar-refractivity contribution in [2.45, 2.75) is 26.8 Å². The highest BCUT2D eigenvalue weighted by Crippen LogP contribution is 2.13. The van der Waals surface area contributed by atoms with Crippen molar-refractivity contribution >= 4 is 11.7 Å². The first-order valence-electron chi connectivity index (χ1n) is 5.88. The molecular formula is C13H19FN2O2. The molecule has 0 bridgehead atoms. The van der Waals surface area contributed by atoms with Crippen LogP contribution in [0.5, 0.6) is 0 Å². The average Bonchev–Trinajstić information content (AvgIpc) is 2.32. The van der Waals surface area contributed by atoms with Gasteiger partial charge in [-0.1, -0.05) is 6.92 Å². The van der Waals surface area contributed by atoms with E-state index in [9.17, 15) is 9.18 Å². The van der Waals surface area contributed by atoms with E-state index in [1.807, 2.05) is 13.8 Å². The van der Waals surface area contributed by atoms with Crippen LogP contribution in [0, 0.1) is 18.7 Å². The third-order valence-electron chi connectivity index (χ3n) is 2.92. The molecule has 3 N–H and O–H groups in total. The van der Waals surface area contributed by atoms with Crippen molar-refractivity contribution < 1.29 is 14.3 Å². The average molecular weight is 254 g/mol. The largest absolute Gasteiger partial charge is 0.396 e. The van der Waals surface area contributed by atoms with Gasteiger partial charge in [-0.3, -0.25) is 0 Å². The van der Waals surface area contributed by atoms with Gasteiger partial charge in [0.25, 0.3) is 0 Å². The van der Waals surface area contributed by atoms with E-state index >= 15 is 0 Å². The fourth-order valence-corrected chi connectivity index (χ4v) is 1.40. The predicted octanol–water partition coefficient (Wildman–Crippen LogP) is 2.27. The molecule has 0 aliphatic rings.